The topological polar surface area (TPSA) is 45.2 Å². The molecule has 25 heavy (non-hydrogen) atoms. The maximum absolute atomic E-state index is 12.4. The number of likely N-dealkylation sites (tertiary alicyclic amines) is 1. The average molecular weight is 358 g/mol. The fraction of sp³-hybridized carbons (Fsp3) is 0.500. The number of nitrogens with one attached hydrogen (secondary N) is 1. The van der Waals surface area contributed by atoms with E-state index < -0.39 is 0 Å². The summed E-state index contributed by atoms with van der Waals surface area (Å²) in [6, 6.07) is 10.6. The number of carbonyl (C=O) groups is 1. The summed E-state index contributed by atoms with van der Waals surface area (Å²) in [6.45, 7) is 7.46. The Labute approximate surface area is 154 Å². The fourth-order valence-corrected chi connectivity index (χ4v) is 4.00. The Morgan fingerprint density at radius 3 is 2.76 bits per heavy atom. The van der Waals surface area contributed by atoms with Crippen LogP contribution in [0.5, 0.6) is 0 Å². The largest absolute Gasteiger partial charge is 0.349 e. The zero-order valence-electron chi connectivity index (χ0n) is 15.1. The molecular weight excluding hydrogens is 330 g/mol. The minimum absolute atomic E-state index is 0.0622. The molecule has 1 saturated heterocycles. The number of benzene rings is 1. The second kappa shape index (κ2) is 8.59. The number of piperidine rings is 1. The summed E-state index contributed by atoms with van der Waals surface area (Å²) < 4.78 is 0. The van der Waals surface area contributed by atoms with E-state index in [1.807, 2.05) is 23.6 Å². The van der Waals surface area contributed by atoms with E-state index >= 15 is 0 Å². The summed E-state index contributed by atoms with van der Waals surface area (Å²) in [5, 5.41) is 5.89. The van der Waals surface area contributed by atoms with Gasteiger partial charge in [-0.2, -0.15) is 0 Å². The Kier molecular flexibility index (Phi) is 6.21. The van der Waals surface area contributed by atoms with E-state index in [1.165, 1.54) is 18.4 Å². The van der Waals surface area contributed by atoms with E-state index in [0.29, 0.717) is 18.3 Å². The van der Waals surface area contributed by atoms with Crippen LogP contribution in [0.2, 0.25) is 0 Å². The lowest BCUT2D eigenvalue weighted by molar-refractivity contribution is 0.0917. The van der Waals surface area contributed by atoms with E-state index in [1.54, 1.807) is 11.3 Å². The molecule has 1 aliphatic heterocycles. The van der Waals surface area contributed by atoms with Crippen molar-refractivity contribution < 1.29 is 4.79 Å². The van der Waals surface area contributed by atoms with Gasteiger partial charge in [0.05, 0.1) is 5.01 Å². The van der Waals surface area contributed by atoms with Gasteiger partial charge in [0.25, 0.3) is 5.91 Å². The van der Waals surface area contributed by atoms with Crippen molar-refractivity contribution in [3.63, 3.8) is 0 Å². The van der Waals surface area contributed by atoms with E-state index in [2.05, 4.69) is 41.2 Å². The Bertz CT molecular complexity index is 677. The number of hydrogen-bond donors (Lipinski definition) is 1. The first-order chi connectivity index (χ1) is 12.1. The van der Waals surface area contributed by atoms with Crippen LogP contribution in [0.4, 0.5) is 0 Å². The van der Waals surface area contributed by atoms with Crippen LogP contribution in [-0.4, -0.2) is 41.5 Å². The van der Waals surface area contributed by atoms with Gasteiger partial charge in [-0.25, -0.2) is 4.98 Å². The zero-order chi connectivity index (χ0) is 17.6. The molecule has 0 aliphatic carbocycles. The van der Waals surface area contributed by atoms with Crippen LogP contribution in [0.25, 0.3) is 0 Å². The van der Waals surface area contributed by atoms with Crippen LogP contribution in [0.3, 0.4) is 0 Å². The SMILES string of the molecule is CC1CCN(C(C)CNC(=O)c2csc(Cc3ccccc3)n2)CC1. The smallest absolute Gasteiger partial charge is 0.270 e. The van der Waals surface area contributed by atoms with Crippen LogP contribution in [0.1, 0.15) is 47.7 Å². The van der Waals surface area contributed by atoms with Crippen LogP contribution < -0.4 is 5.32 Å². The van der Waals surface area contributed by atoms with Crippen molar-refractivity contribution in [2.45, 2.75) is 39.2 Å². The van der Waals surface area contributed by atoms with Gasteiger partial charge >= 0.3 is 0 Å². The lowest BCUT2D eigenvalue weighted by Crippen LogP contribution is -2.45. The molecule has 134 valence electrons. The number of thiazole rings is 1. The molecule has 3 rings (SSSR count). The van der Waals surface area contributed by atoms with Crippen molar-refractivity contribution in [2.24, 2.45) is 5.92 Å². The fourth-order valence-electron chi connectivity index (χ4n) is 3.20. The van der Waals surface area contributed by atoms with Gasteiger partial charge in [-0.05, 0) is 44.3 Å². The highest BCUT2D eigenvalue weighted by molar-refractivity contribution is 7.09. The lowest BCUT2D eigenvalue weighted by atomic mass is 9.98. The first kappa shape index (κ1) is 18.1. The molecule has 0 spiro atoms. The highest BCUT2D eigenvalue weighted by Crippen LogP contribution is 2.18. The molecule has 1 amide bonds. The number of hydrogen-bond acceptors (Lipinski definition) is 4. The molecular formula is C20H27N3OS. The lowest BCUT2D eigenvalue weighted by Gasteiger charge is -2.34. The van der Waals surface area contributed by atoms with E-state index in [0.717, 1.165) is 30.4 Å². The summed E-state index contributed by atoms with van der Waals surface area (Å²) in [4.78, 5) is 19.3. The van der Waals surface area contributed by atoms with E-state index in [9.17, 15) is 4.79 Å². The van der Waals surface area contributed by atoms with Gasteiger partial charge in [0.1, 0.15) is 5.69 Å². The van der Waals surface area contributed by atoms with Crippen molar-refractivity contribution in [3.05, 3.63) is 52.0 Å². The minimum Gasteiger partial charge on any atom is -0.349 e. The molecule has 2 aromatic rings. The molecule has 1 aromatic carbocycles. The molecule has 0 saturated carbocycles. The normalized spacial score (nSPS) is 17.4. The van der Waals surface area contributed by atoms with Gasteiger partial charge < -0.3 is 5.32 Å². The quantitative estimate of drug-likeness (QED) is 0.859. The molecule has 1 fully saturated rings. The van der Waals surface area contributed by atoms with E-state index in [-0.39, 0.29) is 5.91 Å². The van der Waals surface area contributed by atoms with Crippen molar-refractivity contribution in [3.8, 4) is 0 Å². The number of aromatic nitrogens is 1. The molecule has 1 unspecified atom stereocenters. The molecule has 4 nitrogen and oxygen atoms in total. The second-order valence-corrected chi connectivity index (χ2v) is 8.01. The Morgan fingerprint density at radius 2 is 2.04 bits per heavy atom. The van der Waals surface area contributed by atoms with E-state index in [4.69, 9.17) is 0 Å². The zero-order valence-corrected chi connectivity index (χ0v) is 15.9. The number of rotatable bonds is 6. The van der Waals surface area contributed by atoms with Gasteiger partial charge in [0.2, 0.25) is 0 Å². The summed E-state index contributed by atoms with van der Waals surface area (Å²) in [6.07, 6.45) is 3.29. The van der Waals surface area contributed by atoms with Crippen LogP contribution in [0, 0.1) is 5.92 Å². The molecule has 0 bridgehead atoms. The molecule has 1 atom stereocenters. The third kappa shape index (κ3) is 5.13. The van der Waals surface area contributed by atoms with Gasteiger partial charge in [0.15, 0.2) is 0 Å². The van der Waals surface area contributed by atoms with Crippen molar-refractivity contribution in [1.29, 1.82) is 0 Å². The summed E-state index contributed by atoms with van der Waals surface area (Å²) in [5.41, 5.74) is 1.76. The number of amides is 1. The monoisotopic (exact) mass is 357 g/mol. The predicted molar refractivity (Wildman–Crippen MR) is 103 cm³/mol. The maximum atomic E-state index is 12.4. The first-order valence-corrected chi connectivity index (χ1v) is 10.0. The highest BCUT2D eigenvalue weighted by Gasteiger charge is 2.21. The van der Waals surface area contributed by atoms with Crippen LogP contribution in [0.15, 0.2) is 35.7 Å². The second-order valence-electron chi connectivity index (χ2n) is 7.07. The minimum atomic E-state index is -0.0622. The standard InChI is InChI=1S/C20H27N3OS/c1-15-8-10-23(11-9-15)16(2)13-21-20(24)18-14-25-19(22-18)12-17-6-4-3-5-7-17/h3-7,14-16H,8-13H2,1-2H3,(H,21,24). The van der Waals surface area contributed by atoms with Crippen molar-refractivity contribution >= 4 is 17.2 Å². The third-order valence-corrected chi connectivity index (χ3v) is 5.83. The third-order valence-electron chi connectivity index (χ3n) is 4.98. The first-order valence-electron chi connectivity index (χ1n) is 9.12. The van der Waals surface area contributed by atoms with Gasteiger partial charge in [-0.15, -0.1) is 11.3 Å². The van der Waals surface area contributed by atoms with Gasteiger partial charge in [0, 0.05) is 24.4 Å². The molecule has 1 aliphatic rings. The Morgan fingerprint density at radius 1 is 1.32 bits per heavy atom. The molecule has 2 heterocycles. The Balaban J connectivity index is 1.48. The average Bonchev–Trinajstić information content (AvgIpc) is 3.09. The van der Waals surface area contributed by atoms with Crippen molar-refractivity contribution in [2.75, 3.05) is 19.6 Å². The van der Waals surface area contributed by atoms with Gasteiger partial charge in [-0.1, -0.05) is 37.3 Å². The Hall–Kier alpha value is -1.72. The van der Waals surface area contributed by atoms with Crippen LogP contribution >= 0.6 is 11.3 Å². The summed E-state index contributed by atoms with van der Waals surface area (Å²) >= 11 is 1.55. The molecule has 0 radical (unpaired) electrons. The summed E-state index contributed by atoms with van der Waals surface area (Å²) in [7, 11) is 0. The van der Waals surface area contributed by atoms with Gasteiger partial charge in [-0.3, -0.25) is 9.69 Å². The van der Waals surface area contributed by atoms with Crippen LogP contribution in [-0.2, 0) is 6.42 Å². The summed E-state index contributed by atoms with van der Waals surface area (Å²) in [5.74, 6) is 0.767. The molecule has 5 heteroatoms. The molecule has 1 aromatic heterocycles. The van der Waals surface area contributed by atoms with Crippen molar-refractivity contribution in [1.82, 2.24) is 15.2 Å². The molecule has 1 N–H and O–H groups in total. The predicted octanol–water partition coefficient (Wildman–Crippen LogP) is 3.58. The number of nitrogens with zero attached hydrogens (tertiary/aromatic N) is 2. The maximum Gasteiger partial charge on any atom is 0.270 e. The highest BCUT2D eigenvalue weighted by atomic mass is 32.1. The number of carbonyl (C=O) groups excluding carboxylic acids is 1.